The van der Waals surface area contributed by atoms with E-state index in [1.54, 1.807) is 0 Å². The molecule has 0 heterocycles. The molecule has 0 saturated carbocycles. The first-order chi connectivity index (χ1) is 13.0. The number of nitrogens with one attached hydrogen (secondary N) is 3. The molecular weight excluding hydrogens is 345 g/mol. The SMILES string of the molecule is C[NH+](CC(=O)NCC(=O)Nc1ccc(F)cc1)[C@@H]1CCCc2ccccc21. The Morgan fingerprint density at radius 2 is 1.85 bits per heavy atom. The second kappa shape index (κ2) is 8.77. The van der Waals surface area contributed by atoms with Crippen LogP contribution in [0.1, 0.15) is 30.0 Å². The maximum Gasteiger partial charge on any atom is 0.275 e. The molecule has 1 aliphatic carbocycles. The molecule has 0 bridgehead atoms. The summed E-state index contributed by atoms with van der Waals surface area (Å²) in [6.07, 6.45) is 3.28. The third kappa shape index (κ3) is 5.14. The fourth-order valence-corrected chi connectivity index (χ4v) is 3.62. The van der Waals surface area contributed by atoms with E-state index >= 15 is 0 Å². The lowest BCUT2D eigenvalue weighted by Crippen LogP contribution is -3.10. The van der Waals surface area contributed by atoms with Crippen molar-refractivity contribution in [2.24, 2.45) is 0 Å². The number of likely N-dealkylation sites (N-methyl/N-ethyl adjacent to an activating group) is 1. The van der Waals surface area contributed by atoms with E-state index in [2.05, 4.69) is 28.8 Å². The summed E-state index contributed by atoms with van der Waals surface area (Å²) < 4.78 is 12.9. The summed E-state index contributed by atoms with van der Waals surface area (Å²) in [4.78, 5) is 25.3. The van der Waals surface area contributed by atoms with Gasteiger partial charge in [-0.2, -0.15) is 0 Å². The molecule has 2 aromatic rings. The number of aryl methyl sites for hydroxylation is 1. The van der Waals surface area contributed by atoms with Crippen LogP contribution in [0.5, 0.6) is 0 Å². The van der Waals surface area contributed by atoms with E-state index in [1.165, 1.54) is 35.4 Å². The van der Waals surface area contributed by atoms with Crippen molar-refractivity contribution in [2.75, 3.05) is 25.5 Å². The smallest absolute Gasteiger partial charge is 0.275 e. The lowest BCUT2D eigenvalue weighted by Gasteiger charge is -2.30. The van der Waals surface area contributed by atoms with E-state index in [0.717, 1.165) is 24.2 Å². The van der Waals surface area contributed by atoms with Crippen molar-refractivity contribution in [1.82, 2.24) is 5.32 Å². The van der Waals surface area contributed by atoms with Gasteiger partial charge in [-0.1, -0.05) is 24.3 Å². The van der Waals surface area contributed by atoms with E-state index in [-0.39, 0.29) is 24.2 Å². The summed E-state index contributed by atoms with van der Waals surface area (Å²) in [6.45, 7) is 0.202. The third-order valence-corrected chi connectivity index (χ3v) is 4.98. The predicted molar refractivity (Wildman–Crippen MR) is 102 cm³/mol. The Kier molecular flexibility index (Phi) is 6.19. The number of amides is 2. The number of hydrogen-bond acceptors (Lipinski definition) is 2. The summed E-state index contributed by atoms with van der Waals surface area (Å²) >= 11 is 0. The van der Waals surface area contributed by atoms with E-state index in [0.29, 0.717) is 18.3 Å². The molecule has 2 atom stereocenters. The van der Waals surface area contributed by atoms with Crippen LogP contribution in [0.2, 0.25) is 0 Å². The van der Waals surface area contributed by atoms with Gasteiger partial charge in [0.05, 0.1) is 13.6 Å². The Hall–Kier alpha value is -2.73. The predicted octanol–water partition coefficient (Wildman–Crippen LogP) is 1.47. The molecular formula is C21H25FN3O2+. The average Bonchev–Trinajstić information content (AvgIpc) is 2.67. The van der Waals surface area contributed by atoms with Crippen LogP contribution in [0.3, 0.4) is 0 Å². The number of hydrogen-bond donors (Lipinski definition) is 3. The highest BCUT2D eigenvalue weighted by molar-refractivity contribution is 5.94. The number of rotatable bonds is 6. The zero-order valence-electron chi connectivity index (χ0n) is 15.4. The molecule has 1 aliphatic rings. The van der Waals surface area contributed by atoms with Gasteiger partial charge < -0.3 is 15.5 Å². The Morgan fingerprint density at radius 1 is 1.11 bits per heavy atom. The normalized spacial score (nSPS) is 16.9. The molecule has 0 aromatic heterocycles. The third-order valence-electron chi connectivity index (χ3n) is 4.98. The van der Waals surface area contributed by atoms with Gasteiger partial charge in [-0.3, -0.25) is 9.59 Å². The second-order valence-corrected chi connectivity index (χ2v) is 7.00. The van der Waals surface area contributed by atoms with Gasteiger partial charge in [0.15, 0.2) is 6.54 Å². The molecule has 2 amide bonds. The van der Waals surface area contributed by atoms with Crippen LogP contribution in [0.15, 0.2) is 48.5 Å². The number of benzene rings is 2. The number of quaternary nitrogens is 1. The van der Waals surface area contributed by atoms with Gasteiger partial charge in [0, 0.05) is 17.7 Å². The van der Waals surface area contributed by atoms with Crippen molar-refractivity contribution in [1.29, 1.82) is 0 Å². The van der Waals surface area contributed by atoms with Gasteiger partial charge in [0.2, 0.25) is 5.91 Å². The zero-order valence-corrected chi connectivity index (χ0v) is 15.4. The first kappa shape index (κ1) is 19.0. The van der Waals surface area contributed by atoms with Gasteiger partial charge >= 0.3 is 0 Å². The van der Waals surface area contributed by atoms with Crippen molar-refractivity contribution in [3.8, 4) is 0 Å². The van der Waals surface area contributed by atoms with E-state index in [9.17, 15) is 14.0 Å². The van der Waals surface area contributed by atoms with Crippen LogP contribution in [-0.2, 0) is 16.0 Å². The first-order valence-electron chi connectivity index (χ1n) is 9.25. The fourth-order valence-electron chi connectivity index (χ4n) is 3.62. The lowest BCUT2D eigenvalue weighted by atomic mass is 9.87. The standard InChI is InChI=1S/C21H24FN3O2/c1-25(19-8-4-6-15-5-2-3-7-18(15)19)14-21(27)23-13-20(26)24-17-11-9-16(22)10-12-17/h2-3,5,7,9-12,19H,4,6,8,13-14H2,1H3,(H,23,27)(H,24,26)/p+1/t19-/m1/s1. The highest BCUT2D eigenvalue weighted by Gasteiger charge is 2.27. The van der Waals surface area contributed by atoms with Crippen LogP contribution in [0.4, 0.5) is 10.1 Å². The summed E-state index contributed by atoms with van der Waals surface area (Å²) in [5.74, 6) is -0.864. The number of carbonyl (C=O) groups is 2. The van der Waals surface area contributed by atoms with Crippen LogP contribution in [0, 0.1) is 5.82 Å². The molecule has 3 N–H and O–H groups in total. The van der Waals surface area contributed by atoms with Gasteiger partial charge in [0.25, 0.3) is 5.91 Å². The molecule has 2 aromatic carbocycles. The molecule has 27 heavy (non-hydrogen) atoms. The summed E-state index contributed by atoms with van der Waals surface area (Å²) in [7, 11) is 2.02. The Labute approximate surface area is 158 Å². The van der Waals surface area contributed by atoms with E-state index < -0.39 is 0 Å². The largest absolute Gasteiger partial charge is 0.342 e. The van der Waals surface area contributed by atoms with Crippen LogP contribution < -0.4 is 15.5 Å². The average molecular weight is 370 g/mol. The minimum absolute atomic E-state index is 0.106. The minimum atomic E-state index is -0.364. The molecule has 0 radical (unpaired) electrons. The molecule has 1 unspecified atom stereocenters. The van der Waals surface area contributed by atoms with Crippen LogP contribution >= 0.6 is 0 Å². The minimum Gasteiger partial charge on any atom is -0.342 e. The maximum absolute atomic E-state index is 12.9. The number of fused-ring (bicyclic) bond motifs is 1. The van der Waals surface area contributed by atoms with Gasteiger partial charge in [0.1, 0.15) is 11.9 Å². The molecule has 6 heteroatoms. The van der Waals surface area contributed by atoms with Crippen molar-refractivity contribution in [2.45, 2.75) is 25.3 Å². The molecule has 3 rings (SSSR count). The maximum atomic E-state index is 12.9. The topological polar surface area (TPSA) is 62.6 Å². The summed E-state index contributed by atoms with van der Waals surface area (Å²) in [5.41, 5.74) is 3.19. The second-order valence-electron chi connectivity index (χ2n) is 7.00. The van der Waals surface area contributed by atoms with Crippen LogP contribution in [-0.4, -0.2) is 32.0 Å². The van der Waals surface area contributed by atoms with Crippen LogP contribution in [0.25, 0.3) is 0 Å². The number of halogens is 1. The number of anilines is 1. The molecule has 0 saturated heterocycles. The van der Waals surface area contributed by atoms with Crippen molar-refractivity contribution < 1.29 is 18.9 Å². The van der Waals surface area contributed by atoms with Gasteiger partial charge in [-0.15, -0.1) is 0 Å². The number of carbonyl (C=O) groups excluding carboxylic acids is 2. The molecule has 5 nitrogen and oxygen atoms in total. The van der Waals surface area contributed by atoms with Crippen molar-refractivity contribution >= 4 is 17.5 Å². The summed E-state index contributed by atoms with van der Waals surface area (Å²) in [6, 6.07) is 14.2. The van der Waals surface area contributed by atoms with E-state index in [1.807, 2.05) is 13.1 Å². The van der Waals surface area contributed by atoms with Crippen molar-refractivity contribution in [3.05, 3.63) is 65.5 Å². The Balaban J connectivity index is 1.48. The molecule has 0 fully saturated rings. The lowest BCUT2D eigenvalue weighted by molar-refractivity contribution is -0.905. The highest BCUT2D eigenvalue weighted by Crippen LogP contribution is 2.27. The Bertz CT molecular complexity index is 807. The van der Waals surface area contributed by atoms with Gasteiger partial charge in [-0.05, 0) is 42.7 Å². The molecule has 142 valence electrons. The highest BCUT2D eigenvalue weighted by atomic mass is 19.1. The monoisotopic (exact) mass is 370 g/mol. The van der Waals surface area contributed by atoms with Crippen molar-refractivity contribution in [3.63, 3.8) is 0 Å². The van der Waals surface area contributed by atoms with E-state index in [4.69, 9.17) is 0 Å². The fraction of sp³-hybridized carbons (Fsp3) is 0.333. The Morgan fingerprint density at radius 3 is 2.63 bits per heavy atom. The first-order valence-corrected chi connectivity index (χ1v) is 9.25. The summed E-state index contributed by atoms with van der Waals surface area (Å²) in [5, 5.41) is 5.29. The quantitative estimate of drug-likeness (QED) is 0.721. The van der Waals surface area contributed by atoms with Gasteiger partial charge in [-0.25, -0.2) is 4.39 Å². The zero-order chi connectivity index (χ0) is 19.2. The molecule has 0 aliphatic heterocycles. The molecule has 0 spiro atoms.